The first-order valence-corrected chi connectivity index (χ1v) is 12.8. The Morgan fingerprint density at radius 1 is 1.08 bits per heavy atom. The molecular weight excluding hydrogens is 492 g/mol. The number of piperidine rings is 1. The third-order valence-corrected chi connectivity index (χ3v) is 7.37. The Hall–Kier alpha value is -3.53. The maximum atomic E-state index is 13.1. The lowest BCUT2D eigenvalue weighted by Gasteiger charge is -2.34. The number of fused-ring (bicyclic) bond motifs is 1. The number of nitrogens with two attached hydrogens (primary N) is 1. The van der Waals surface area contributed by atoms with E-state index in [9.17, 15) is 14.7 Å². The van der Waals surface area contributed by atoms with Crippen LogP contribution in [-0.2, 0) is 0 Å². The van der Waals surface area contributed by atoms with Gasteiger partial charge in [0.2, 0.25) is 0 Å². The van der Waals surface area contributed by atoms with Crippen LogP contribution in [0.1, 0.15) is 35.2 Å². The smallest absolute Gasteiger partial charge is 0.258 e. The highest BCUT2D eigenvalue weighted by Gasteiger charge is 2.32. The fraction of sp³-hybridized carbons (Fsp3) is 0.333. The van der Waals surface area contributed by atoms with Crippen molar-refractivity contribution < 1.29 is 9.90 Å². The van der Waals surface area contributed by atoms with Crippen molar-refractivity contribution in [3.8, 4) is 0 Å². The van der Waals surface area contributed by atoms with Gasteiger partial charge in [0.1, 0.15) is 5.71 Å². The van der Waals surface area contributed by atoms with Crippen LogP contribution in [0.15, 0.2) is 63.4 Å². The number of nitrogens with zero attached hydrogens (tertiary/aromatic N) is 4. The Labute approximate surface area is 219 Å². The van der Waals surface area contributed by atoms with E-state index in [4.69, 9.17) is 17.4 Å². The first kappa shape index (κ1) is 25.1. The van der Waals surface area contributed by atoms with Gasteiger partial charge in [0, 0.05) is 53.7 Å². The van der Waals surface area contributed by atoms with Gasteiger partial charge in [-0.15, -0.1) is 0 Å². The number of aliphatic hydroxyl groups excluding tert-OH is 1. The number of aliphatic hydroxyl groups is 1. The summed E-state index contributed by atoms with van der Waals surface area (Å²) in [6, 6.07) is 14.2. The van der Waals surface area contributed by atoms with Crippen molar-refractivity contribution in [2.45, 2.75) is 31.4 Å². The molecule has 1 amide bonds. The SMILES string of the molecule is NN=C(C=Nc1ccc(C(=O)N2CCC(N3CCC(O)CC3)C2)cc1)c1cc2cc(Cl)ccc2[nH]c1=O. The predicted octanol–water partition coefficient (Wildman–Crippen LogP) is 2.92. The monoisotopic (exact) mass is 520 g/mol. The molecule has 2 aromatic carbocycles. The number of nitrogens with one attached hydrogen (secondary N) is 1. The second kappa shape index (κ2) is 10.8. The Balaban J connectivity index is 1.25. The molecule has 0 spiro atoms. The Morgan fingerprint density at radius 2 is 1.84 bits per heavy atom. The van der Waals surface area contributed by atoms with Crippen LogP contribution < -0.4 is 11.4 Å². The van der Waals surface area contributed by atoms with Crippen molar-refractivity contribution in [3.63, 3.8) is 0 Å². The van der Waals surface area contributed by atoms with E-state index in [0.717, 1.165) is 44.3 Å². The van der Waals surface area contributed by atoms with Crippen molar-refractivity contribution >= 4 is 46.0 Å². The third kappa shape index (κ3) is 5.58. The first-order valence-electron chi connectivity index (χ1n) is 12.4. The molecule has 0 aliphatic carbocycles. The van der Waals surface area contributed by atoms with Gasteiger partial charge in [-0.2, -0.15) is 5.10 Å². The van der Waals surface area contributed by atoms with Crippen molar-refractivity contribution in [2.75, 3.05) is 26.2 Å². The number of aromatic amines is 1. The average Bonchev–Trinajstić information content (AvgIpc) is 3.40. The quantitative estimate of drug-likeness (QED) is 0.271. The molecule has 2 saturated heterocycles. The topological polar surface area (TPSA) is 127 Å². The molecule has 5 rings (SSSR count). The number of hydrogen-bond acceptors (Lipinski definition) is 7. The molecule has 1 aromatic heterocycles. The molecule has 0 saturated carbocycles. The van der Waals surface area contributed by atoms with E-state index < -0.39 is 0 Å². The molecule has 4 N–H and O–H groups in total. The highest BCUT2D eigenvalue weighted by atomic mass is 35.5. The summed E-state index contributed by atoms with van der Waals surface area (Å²) >= 11 is 6.08. The molecular formula is C27H29ClN6O3. The number of hydrazone groups is 1. The Bertz CT molecular complexity index is 1410. The molecule has 2 fully saturated rings. The van der Waals surface area contributed by atoms with Crippen LogP contribution in [0.3, 0.4) is 0 Å². The van der Waals surface area contributed by atoms with Crippen LogP contribution in [0.5, 0.6) is 0 Å². The number of amides is 1. The van der Waals surface area contributed by atoms with Crippen LogP contribution in [0.4, 0.5) is 5.69 Å². The molecule has 37 heavy (non-hydrogen) atoms. The fourth-order valence-electron chi connectivity index (χ4n) is 5.02. The van der Waals surface area contributed by atoms with Gasteiger partial charge in [-0.25, -0.2) is 0 Å². The number of aliphatic imine (C=N–C) groups is 1. The largest absolute Gasteiger partial charge is 0.393 e. The standard InChI is InChI=1S/C27H29ClN6O3/c28-19-3-6-24-18(13-19)14-23(26(36)31-24)25(32-29)15-30-20-4-1-17(2-5-20)27(37)34-10-7-21(16-34)33-11-8-22(35)9-12-33/h1-6,13-15,21-22,35H,7-12,16,29H2,(H,31,36). The van der Waals surface area contributed by atoms with E-state index in [1.807, 2.05) is 4.90 Å². The zero-order valence-electron chi connectivity index (χ0n) is 20.3. The minimum absolute atomic E-state index is 0.000594. The van der Waals surface area contributed by atoms with E-state index in [2.05, 4.69) is 20.0 Å². The van der Waals surface area contributed by atoms with Crippen LogP contribution in [-0.4, -0.2) is 76.0 Å². The summed E-state index contributed by atoms with van der Waals surface area (Å²) in [7, 11) is 0. The number of aromatic nitrogens is 1. The van der Waals surface area contributed by atoms with Crippen LogP contribution in [0.25, 0.3) is 10.9 Å². The lowest BCUT2D eigenvalue weighted by Crippen LogP contribution is -2.44. The lowest BCUT2D eigenvalue weighted by molar-refractivity contribution is 0.0592. The second-order valence-electron chi connectivity index (χ2n) is 9.52. The zero-order chi connectivity index (χ0) is 25.9. The fourth-order valence-corrected chi connectivity index (χ4v) is 5.20. The van der Waals surface area contributed by atoms with Crippen LogP contribution >= 0.6 is 11.6 Å². The van der Waals surface area contributed by atoms with E-state index in [1.165, 1.54) is 6.21 Å². The average molecular weight is 521 g/mol. The summed E-state index contributed by atoms with van der Waals surface area (Å²) < 4.78 is 0. The van der Waals surface area contributed by atoms with Crippen molar-refractivity contribution in [1.29, 1.82) is 0 Å². The molecule has 0 radical (unpaired) electrons. The van der Waals surface area contributed by atoms with Gasteiger partial charge in [-0.05, 0) is 67.8 Å². The van der Waals surface area contributed by atoms with Crippen LogP contribution in [0, 0.1) is 0 Å². The Morgan fingerprint density at radius 3 is 2.57 bits per heavy atom. The number of H-pyrrole nitrogens is 1. The molecule has 9 nitrogen and oxygen atoms in total. The van der Waals surface area contributed by atoms with Gasteiger partial charge in [0.05, 0.1) is 23.6 Å². The third-order valence-electron chi connectivity index (χ3n) is 7.14. The van der Waals surface area contributed by atoms with Gasteiger partial charge in [-0.1, -0.05) is 11.6 Å². The van der Waals surface area contributed by atoms with Crippen LogP contribution in [0.2, 0.25) is 5.02 Å². The molecule has 1 atom stereocenters. The molecule has 2 aliphatic rings. The molecule has 10 heteroatoms. The summed E-state index contributed by atoms with van der Waals surface area (Å²) in [6.45, 7) is 3.20. The van der Waals surface area contributed by atoms with Crippen molar-refractivity contribution in [1.82, 2.24) is 14.8 Å². The zero-order valence-corrected chi connectivity index (χ0v) is 21.1. The Kier molecular flexibility index (Phi) is 7.36. The maximum Gasteiger partial charge on any atom is 0.258 e. The van der Waals surface area contributed by atoms with Crippen molar-refractivity contribution in [2.24, 2.45) is 15.9 Å². The number of rotatable bonds is 5. The van der Waals surface area contributed by atoms with E-state index in [0.29, 0.717) is 34.4 Å². The minimum Gasteiger partial charge on any atom is -0.393 e. The molecule has 192 valence electrons. The summed E-state index contributed by atoms with van der Waals surface area (Å²) in [5.41, 5.74) is 2.02. The first-order chi connectivity index (χ1) is 17.9. The van der Waals surface area contributed by atoms with Gasteiger partial charge in [-0.3, -0.25) is 19.5 Å². The van der Waals surface area contributed by atoms with Crippen molar-refractivity contribution in [3.05, 3.63) is 75.0 Å². The van der Waals surface area contributed by atoms with E-state index in [-0.39, 0.29) is 28.8 Å². The molecule has 3 aromatic rings. The lowest BCUT2D eigenvalue weighted by atomic mass is 10.1. The minimum atomic E-state index is -0.337. The summed E-state index contributed by atoms with van der Waals surface area (Å²) in [6.07, 6.45) is 3.78. The highest BCUT2D eigenvalue weighted by molar-refractivity contribution is 6.38. The number of hydrogen-bond donors (Lipinski definition) is 3. The van der Waals surface area contributed by atoms with Gasteiger partial charge >= 0.3 is 0 Å². The molecule has 0 bridgehead atoms. The summed E-state index contributed by atoms with van der Waals surface area (Å²) in [5.74, 6) is 5.57. The molecule has 3 heterocycles. The van der Waals surface area contributed by atoms with Gasteiger partial charge < -0.3 is 20.8 Å². The molecule has 2 aliphatic heterocycles. The number of likely N-dealkylation sites (tertiary alicyclic amines) is 2. The number of pyridine rings is 1. The van der Waals surface area contributed by atoms with Gasteiger partial charge in [0.25, 0.3) is 11.5 Å². The number of carbonyl (C=O) groups excluding carboxylic acids is 1. The summed E-state index contributed by atoms with van der Waals surface area (Å²) in [5, 5.41) is 14.8. The highest BCUT2D eigenvalue weighted by Crippen LogP contribution is 2.23. The number of carbonyl (C=O) groups is 1. The predicted molar refractivity (Wildman–Crippen MR) is 146 cm³/mol. The van der Waals surface area contributed by atoms with Gasteiger partial charge in [0.15, 0.2) is 0 Å². The van der Waals surface area contributed by atoms with E-state index in [1.54, 1.807) is 48.5 Å². The number of halogens is 1. The maximum absolute atomic E-state index is 13.1. The number of benzene rings is 2. The summed E-state index contributed by atoms with van der Waals surface area (Å²) in [4.78, 5) is 37.1. The normalized spacial score (nSPS) is 19.8. The van der Waals surface area contributed by atoms with E-state index >= 15 is 0 Å². The molecule has 1 unspecified atom stereocenters. The second-order valence-corrected chi connectivity index (χ2v) is 9.96.